The summed E-state index contributed by atoms with van der Waals surface area (Å²) in [7, 11) is -2.75. The number of carbonyl (C=O) groups is 2. The van der Waals surface area contributed by atoms with Crippen molar-refractivity contribution in [3.63, 3.8) is 0 Å². The monoisotopic (exact) mass is 374 g/mol. The summed E-state index contributed by atoms with van der Waals surface area (Å²) in [5, 5.41) is 2.83. The number of rotatable bonds is 7. The van der Waals surface area contributed by atoms with Gasteiger partial charge >= 0.3 is 0 Å². The molecule has 2 aromatic carbocycles. The molecule has 0 unspecified atom stereocenters. The van der Waals surface area contributed by atoms with Gasteiger partial charge in [-0.15, -0.1) is 0 Å². The number of methoxy groups -OCH3 is 1. The van der Waals surface area contributed by atoms with Crippen molar-refractivity contribution < 1.29 is 22.7 Å². The number of para-hydroxylation sites is 2. The molecule has 26 heavy (non-hydrogen) atoms. The molecule has 1 saturated carbocycles. The van der Waals surface area contributed by atoms with E-state index < -0.39 is 10.0 Å². The fraction of sp³-hybridized carbons (Fsp3) is 0.222. The van der Waals surface area contributed by atoms with Gasteiger partial charge in [0.1, 0.15) is 11.4 Å². The molecule has 0 radical (unpaired) electrons. The minimum absolute atomic E-state index is 0.0986. The Balaban J connectivity index is 1.90. The molecule has 7 nitrogen and oxygen atoms in total. The Bertz CT molecular complexity index is 921. The van der Waals surface area contributed by atoms with E-state index in [9.17, 15) is 18.0 Å². The van der Waals surface area contributed by atoms with Gasteiger partial charge in [0.2, 0.25) is 6.41 Å². The first-order valence-electron chi connectivity index (χ1n) is 8.01. The average molecular weight is 374 g/mol. The van der Waals surface area contributed by atoms with Crippen LogP contribution in [-0.2, 0) is 14.8 Å². The third kappa shape index (κ3) is 3.55. The Hall–Kier alpha value is -2.87. The van der Waals surface area contributed by atoms with Gasteiger partial charge in [-0.3, -0.25) is 9.59 Å². The van der Waals surface area contributed by atoms with Gasteiger partial charge in [0.15, 0.2) is 0 Å². The number of nitrogens with zero attached hydrogens (tertiary/aromatic N) is 1. The van der Waals surface area contributed by atoms with E-state index in [0.29, 0.717) is 9.87 Å². The summed E-state index contributed by atoms with van der Waals surface area (Å²) in [6.45, 7) is 0. The molecule has 1 aliphatic carbocycles. The summed E-state index contributed by atoms with van der Waals surface area (Å²) >= 11 is 0. The number of ether oxygens (including phenoxy) is 1. The molecule has 2 amide bonds. The quantitative estimate of drug-likeness (QED) is 0.748. The zero-order valence-corrected chi connectivity index (χ0v) is 14.9. The molecule has 0 heterocycles. The normalized spacial score (nSPS) is 13.7. The molecule has 1 fully saturated rings. The first kappa shape index (κ1) is 17.9. The van der Waals surface area contributed by atoms with Crippen molar-refractivity contribution in [3.8, 4) is 5.75 Å². The molecule has 8 heteroatoms. The Morgan fingerprint density at radius 3 is 2.38 bits per heavy atom. The summed E-state index contributed by atoms with van der Waals surface area (Å²) in [5.41, 5.74) is 0.478. The number of amides is 2. The van der Waals surface area contributed by atoms with Crippen LogP contribution in [0.1, 0.15) is 23.2 Å². The standard InChI is InChI=1S/C18H18N2O5S/c1-25-17-5-3-2-4-16(17)20(12-21)26(23,24)15-10-6-13(7-11-15)18(22)19-14-8-9-14/h2-7,10-12,14H,8-9H2,1H3,(H,19,22). The molecular formula is C18H18N2O5S. The van der Waals surface area contributed by atoms with Gasteiger partial charge in [0.25, 0.3) is 15.9 Å². The van der Waals surface area contributed by atoms with Crippen LogP contribution in [0, 0.1) is 0 Å². The molecule has 0 atom stereocenters. The predicted molar refractivity (Wildman–Crippen MR) is 95.7 cm³/mol. The average Bonchev–Trinajstić information content (AvgIpc) is 3.46. The maximum atomic E-state index is 12.8. The topological polar surface area (TPSA) is 92.8 Å². The van der Waals surface area contributed by atoms with Gasteiger partial charge in [0.05, 0.1) is 12.0 Å². The van der Waals surface area contributed by atoms with E-state index >= 15 is 0 Å². The van der Waals surface area contributed by atoms with E-state index in [1.54, 1.807) is 18.2 Å². The van der Waals surface area contributed by atoms with Gasteiger partial charge in [-0.1, -0.05) is 12.1 Å². The molecule has 1 aliphatic rings. The Kier molecular flexibility index (Phi) is 4.94. The van der Waals surface area contributed by atoms with E-state index in [-0.39, 0.29) is 34.7 Å². The summed E-state index contributed by atoms with van der Waals surface area (Å²) in [6.07, 6.45) is 2.15. The second-order valence-electron chi connectivity index (χ2n) is 5.85. The molecule has 0 spiro atoms. The van der Waals surface area contributed by atoms with Crippen molar-refractivity contribution in [1.82, 2.24) is 5.32 Å². The largest absolute Gasteiger partial charge is 0.495 e. The SMILES string of the molecule is COc1ccccc1N(C=O)S(=O)(=O)c1ccc(C(=O)NC2CC2)cc1. The lowest BCUT2D eigenvalue weighted by atomic mass is 10.2. The molecule has 3 rings (SSSR count). The number of anilines is 1. The van der Waals surface area contributed by atoms with Crippen molar-refractivity contribution in [2.75, 3.05) is 11.4 Å². The Morgan fingerprint density at radius 1 is 1.15 bits per heavy atom. The van der Waals surface area contributed by atoms with E-state index in [2.05, 4.69) is 5.32 Å². The van der Waals surface area contributed by atoms with Gasteiger partial charge in [0, 0.05) is 11.6 Å². The summed E-state index contributed by atoms with van der Waals surface area (Å²) < 4.78 is 31.4. The van der Waals surface area contributed by atoms with Crippen molar-refractivity contribution in [3.05, 3.63) is 54.1 Å². The summed E-state index contributed by atoms with van der Waals surface area (Å²) in [4.78, 5) is 23.4. The molecule has 0 bridgehead atoms. The molecule has 0 aliphatic heterocycles. The lowest BCUT2D eigenvalue weighted by Crippen LogP contribution is -2.30. The highest BCUT2D eigenvalue weighted by atomic mass is 32.2. The highest BCUT2D eigenvalue weighted by molar-refractivity contribution is 7.93. The van der Waals surface area contributed by atoms with Crippen LogP contribution in [0.5, 0.6) is 5.75 Å². The van der Waals surface area contributed by atoms with E-state index in [4.69, 9.17) is 4.74 Å². The number of benzene rings is 2. The second kappa shape index (κ2) is 7.17. The maximum Gasteiger partial charge on any atom is 0.270 e. The fourth-order valence-electron chi connectivity index (χ4n) is 2.44. The number of sulfonamides is 1. The first-order valence-corrected chi connectivity index (χ1v) is 9.45. The molecule has 1 N–H and O–H groups in total. The third-order valence-electron chi connectivity index (χ3n) is 4.00. The summed E-state index contributed by atoms with van der Waals surface area (Å²) in [6, 6.07) is 12.0. The van der Waals surface area contributed by atoms with Crippen molar-refractivity contribution in [1.29, 1.82) is 0 Å². The lowest BCUT2D eigenvalue weighted by molar-refractivity contribution is -0.106. The van der Waals surface area contributed by atoms with Gasteiger partial charge < -0.3 is 10.1 Å². The van der Waals surface area contributed by atoms with Crippen LogP contribution in [0.4, 0.5) is 5.69 Å². The number of hydrogen-bond acceptors (Lipinski definition) is 5. The van der Waals surface area contributed by atoms with Crippen LogP contribution < -0.4 is 14.4 Å². The van der Waals surface area contributed by atoms with Crippen LogP contribution in [0.3, 0.4) is 0 Å². The zero-order valence-electron chi connectivity index (χ0n) is 14.1. The number of hydrogen-bond donors (Lipinski definition) is 1. The van der Waals surface area contributed by atoms with Crippen LogP contribution in [0.2, 0.25) is 0 Å². The van der Waals surface area contributed by atoms with Gasteiger partial charge in [-0.25, -0.2) is 12.7 Å². The van der Waals surface area contributed by atoms with Crippen LogP contribution in [0.15, 0.2) is 53.4 Å². The van der Waals surface area contributed by atoms with E-state index in [1.807, 2.05) is 0 Å². The van der Waals surface area contributed by atoms with Gasteiger partial charge in [-0.2, -0.15) is 0 Å². The Labute approximate surface area is 151 Å². The maximum absolute atomic E-state index is 12.8. The molecular weight excluding hydrogens is 356 g/mol. The van der Waals surface area contributed by atoms with Crippen LogP contribution >= 0.6 is 0 Å². The minimum atomic E-state index is -4.14. The highest BCUT2D eigenvalue weighted by Crippen LogP contribution is 2.31. The number of carbonyl (C=O) groups excluding carboxylic acids is 2. The van der Waals surface area contributed by atoms with Crippen LogP contribution in [0.25, 0.3) is 0 Å². The molecule has 0 saturated heterocycles. The summed E-state index contributed by atoms with van der Waals surface area (Å²) in [5.74, 6) is 0.0111. The lowest BCUT2D eigenvalue weighted by Gasteiger charge is -2.20. The first-order chi connectivity index (χ1) is 12.5. The van der Waals surface area contributed by atoms with Crippen molar-refractivity contribution >= 4 is 28.0 Å². The van der Waals surface area contributed by atoms with E-state index in [1.165, 1.54) is 37.4 Å². The predicted octanol–water partition coefficient (Wildman–Crippen LogP) is 1.94. The van der Waals surface area contributed by atoms with Crippen molar-refractivity contribution in [2.24, 2.45) is 0 Å². The zero-order chi connectivity index (χ0) is 18.7. The molecule has 0 aromatic heterocycles. The molecule has 2 aromatic rings. The van der Waals surface area contributed by atoms with Crippen LogP contribution in [-0.4, -0.2) is 33.9 Å². The molecule has 136 valence electrons. The minimum Gasteiger partial charge on any atom is -0.495 e. The second-order valence-corrected chi connectivity index (χ2v) is 7.67. The van der Waals surface area contributed by atoms with Crippen molar-refractivity contribution in [2.45, 2.75) is 23.8 Å². The van der Waals surface area contributed by atoms with Gasteiger partial charge in [-0.05, 0) is 49.2 Å². The highest BCUT2D eigenvalue weighted by Gasteiger charge is 2.28. The number of nitrogens with one attached hydrogen (secondary N) is 1. The third-order valence-corrected chi connectivity index (χ3v) is 5.67. The Morgan fingerprint density at radius 2 is 1.81 bits per heavy atom. The van der Waals surface area contributed by atoms with E-state index in [0.717, 1.165) is 12.8 Å². The fourth-order valence-corrected chi connectivity index (χ4v) is 3.67. The smallest absolute Gasteiger partial charge is 0.270 e.